The fourth-order valence-corrected chi connectivity index (χ4v) is 6.65. The van der Waals surface area contributed by atoms with Crippen LogP contribution in [0, 0.1) is 0 Å². The summed E-state index contributed by atoms with van der Waals surface area (Å²) in [5.74, 6) is 0. The van der Waals surface area contributed by atoms with E-state index < -0.39 is 8.24 Å². The number of nitrogens with zero attached hydrogens (tertiary/aromatic N) is 1. The predicted molar refractivity (Wildman–Crippen MR) is 55.5 cm³/mol. The zero-order valence-corrected chi connectivity index (χ0v) is 9.94. The standard InChI is InChI=1S/C9H23NSi/c1-7-11(8-2,9(3)4)10(5)6/h9H,7-8H2,1-6H3. The van der Waals surface area contributed by atoms with E-state index in [4.69, 9.17) is 0 Å². The molecule has 0 spiro atoms. The molecule has 0 saturated heterocycles. The van der Waals surface area contributed by atoms with Crippen molar-refractivity contribution in [2.75, 3.05) is 14.1 Å². The van der Waals surface area contributed by atoms with E-state index >= 15 is 0 Å². The van der Waals surface area contributed by atoms with Gasteiger partial charge in [-0.2, -0.15) is 0 Å². The average Bonchev–Trinajstić information content (AvgIpc) is 1.90. The van der Waals surface area contributed by atoms with Gasteiger partial charge in [-0.15, -0.1) is 0 Å². The lowest BCUT2D eigenvalue weighted by molar-refractivity contribution is 0.583. The first-order valence-electron chi connectivity index (χ1n) is 4.68. The van der Waals surface area contributed by atoms with Crippen LogP contribution in [0.4, 0.5) is 0 Å². The van der Waals surface area contributed by atoms with E-state index in [-0.39, 0.29) is 0 Å². The quantitative estimate of drug-likeness (QED) is 0.591. The lowest BCUT2D eigenvalue weighted by Crippen LogP contribution is -2.50. The molecular weight excluding hydrogens is 150 g/mol. The van der Waals surface area contributed by atoms with Crippen LogP contribution in [0.2, 0.25) is 17.6 Å². The fraction of sp³-hybridized carbons (Fsp3) is 1.00. The van der Waals surface area contributed by atoms with Gasteiger partial charge in [-0.3, -0.25) is 0 Å². The molecule has 1 nitrogen and oxygen atoms in total. The Bertz CT molecular complexity index is 96.1. The monoisotopic (exact) mass is 173 g/mol. The normalized spacial score (nSPS) is 13.1. The van der Waals surface area contributed by atoms with Gasteiger partial charge in [0.2, 0.25) is 0 Å². The zero-order valence-electron chi connectivity index (χ0n) is 8.94. The van der Waals surface area contributed by atoms with E-state index in [0.717, 1.165) is 5.54 Å². The Morgan fingerprint density at radius 3 is 1.45 bits per heavy atom. The highest BCUT2D eigenvalue weighted by Gasteiger charge is 2.34. The van der Waals surface area contributed by atoms with Gasteiger partial charge >= 0.3 is 0 Å². The van der Waals surface area contributed by atoms with Crippen molar-refractivity contribution in [3.05, 3.63) is 0 Å². The maximum atomic E-state index is 2.51. The largest absolute Gasteiger partial charge is 0.329 e. The van der Waals surface area contributed by atoms with E-state index in [2.05, 4.69) is 46.4 Å². The van der Waals surface area contributed by atoms with Crippen molar-refractivity contribution >= 4 is 8.24 Å². The van der Waals surface area contributed by atoms with E-state index in [0.29, 0.717) is 0 Å². The molecule has 11 heavy (non-hydrogen) atoms. The van der Waals surface area contributed by atoms with Crippen molar-refractivity contribution in [1.82, 2.24) is 4.57 Å². The van der Waals surface area contributed by atoms with Crippen LogP contribution in [-0.2, 0) is 0 Å². The fourth-order valence-electron chi connectivity index (χ4n) is 2.22. The van der Waals surface area contributed by atoms with Gasteiger partial charge in [-0.1, -0.05) is 27.7 Å². The van der Waals surface area contributed by atoms with Gasteiger partial charge in [0, 0.05) is 0 Å². The molecule has 0 aliphatic carbocycles. The van der Waals surface area contributed by atoms with Crippen LogP contribution in [0.25, 0.3) is 0 Å². The lowest BCUT2D eigenvalue weighted by atomic mass is 10.6. The van der Waals surface area contributed by atoms with Gasteiger partial charge < -0.3 is 4.57 Å². The molecule has 2 heteroatoms. The maximum Gasteiger partial charge on any atom is 0.129 e. The molecule has 0 N–H and O–H groups in total. The summed E-state index contributed by atoms with van der Waals surface area (Å²) in [5, 5.41) is 0. The third kappa shape index (κ3) is 2.06. The Morgan fingerprint density at radius 2 is 1.45 bits per heavy atom. The van der Waals surface area contributed by atoms with Crippen LogP contribution >= 0.6 is 0 Å². The molecule has 0 saturated carbocycles. The van der Waals surface area contributed by atoms with Crippen LogP contribution in [0.15, 0.2) is 0 Å². The minimum Gasteiger partial charge on any atom is -0.329 e. The molecule has 0 atom stereocenters. The molecule has 0 aromatic heterocycles. The smallest absolute Gasteiger partial charge is 0.129 e. The Labute approximate surface area is 72.9 Å². The molecular formula is C9H23NSi. The van der Waals surface area contributed by atoms with Crippen molar-refractivity contribution in [3.8, 4) is 0 Å². The van der Waals surface area contributed by atoms with E-state index in [1.54, 1.807) is 0 Å². The molecule has 0 rings (SSSR count). The van der Waals surface area contributed by atoms with Crippen molar-refractivity contribution in [2.24, 2.45) is 0 Å². The predicted octanol–water partition coefficient (Wildman–Crippen LogP) is 2.94. The Morgan fingerprint density at radius 1 is 1.09 bits per heavy atom. The maximum absolute atomic E-state index is 2.51. The molecule has 0 aromatic rings. The third-order valence-corrected chi connectivity index (χ3v) is 9.57. The number of rotatable bonds is 4. The summed E-state index contributed by atoms with van der Waals surface area (Å²) in [6.07, 6.45) is 0. The van der Waals surface area contributed by atoms with Crippen LogP contribution in [0.3, 0.4) is 0 Å². The molecule has 0 amide bonds. The summed E-state index contributed by atoms with van der Waals surface area (Å²) >= 11 is 0. The van der Waals surface area contributed by atoms with Gasteiger partial charge in [0.25, 0.3) is 0 Å². The van der Waals surface area contributed by atoms with Crippen molar-refractivity contribution in [3.63, 3.8) is 0 Å². The van der Waals surface area contributed by atoms with Gasteiger partial charge in [0.05, 0.1) is 0 Å². The summed E-state index contributed by atoms with van der Waals surface area (Å²) < 4.78 is 2.51. The van der Waals surface area contributed by atoms with Crippen LogP contribution < -0.4 is 0 Å². The van der Waals surface area contributed by atoms with Gasteiger partial charge in [0.1, 0.15) is 8.24 Å². The first-order valence-corrected chi connectivity index (χ1v) is 7.12. The summed E-state index contributed by atoms with van der Waals surface area (Å²) in [6, 6.07) is 2.77. The number of hydrogen-bond acceptors (Lipinski definition) is 1. The lowest BCUT2D eigenvalue weighted by Gasteiger charge is -2.39. The van der Waals surface area contributed by atoms with Crippen LogP contribution in [-0.4, -0.2) is 26.9 Å². The van der Waals surface area contributed by atoms with Crippen LogP contribution in [0.1, 0.15) is 27.7 Å². The molecule has 68 valence electrons. The minimum atomic E-state index is -1.06. The van der Waals surface area contributed by atoms with E-state index in [1.807, 2.05) is 0 Å². The Hall–Kier alpha value is 0.177. The second-order valence-electron chi connectivity index (χ2n) is 3.86. The molecule has 0 aliphatic heterocycles. The molecule has 0 heterocycles. The first-order chi connectivity index (χ1) is 5.01. The summed E-state index contributed by atoms with van der Waals surface area (Å²) in [6.45, 7) is 9.43. The Kier molecular flexibility index (Phi) is 4.33. The van der Waals surface area contributed by atoms with Crippen molar-refractivity contribution in [1.29, 1.82) is 0 Å². The molecule has 0 bridgehead atoms. The summed E-state index contributed by atoms with van der Waals surface area (Å²) in [5.41, 5.74) is 0.882. The molecule has 0 fully saturated rings. The summed E-state index contributed by atoms with van der Waals surface area (Å²) in [4.78, 5) is 0. The summed E-state index contributed by atoms with van der Waals surface area (Å²) in [7, 11) is 3.43. The van der Waals surface area contributed by atoms with Gasteiger partial charge in [-0.05, 0) is 31.7 Å². The number of hydrogen-bond donors (Lipinski definition) is 0. The zero-order chi connectivity index (χ0) is 9.07. The van der Waals surface area contributed by atoms with Crippen molar-refractivity contribution < 1.29 is 0 Å². The second-order valence-corrected chi connectivity index (χ2v) is 9.53. The SMILES string of the molecule is CC[Si](CC)(C(C)C)N(C)C. The average molecular weight is 173 g/mol. The van der Waals surface area contributed by atoms with Crippen molar-refractivity contribution in [2.45, 2.75) is 45.3 Å². The molecule has 0 aliphatic rings. The van der Waals surface area contributed by atoms with Crippen LogP contribution in [0.5, 0.6) is 0 Å². The highest BCUT2D eigenvalue weighted by atomic mass is 28.3. The third-order valence-electron chi connectivity index (χ3n) is 3.19. The molecule has 0 radical (unpaired) electrons. The minimum absolute atomic E-state index is 0.882. The highest BCUT2D eigenvalue weighted by molar-refractivity contribution is 6.78. The van der Waals surface area contributed by atoms with Gasteiger partial charge in [0.15, 0.2) is 0 Å². The Balaban J connectivity index is 4.46. The topological polar surface area (TPSA) is 3.24 Å². The molecule has 0 unspecified atom stereocenters. The van der Waals surface area contributed by atoms with E-state index in [1.165, 1.54) is 12.1 Å². The first kappa shape index (κ1) is 11.2. The van der Waals surface area contributed by atoms with Gasteiger partial charge in [-0.25, -0.2) is 0 Å². The van der Waals surface area contributed by atoms with E-state index in [9.17, 15) is 0 Å². The molecule has 0 aromatic carbocycles. The highest BCUT2D eigenvalue weighted by Crippen LogP contribution is 2.30. The second kappa shape index (κ2) is 4.26.